The number of carbonyl (C=O) groups is 2. The zero-order valence-electron chi connectivity index (χ0n) is 21.8. The minimum Gasteiger partial charge on any atom is -0.301 e. The third-order valence-electron chi connectivity index (χ3n) is 7.77. The topological polar surface area (TPSA) is 68.7 Å². The Bertz CT molecular complexity index is 1890. The summed E-state index contributed by atoms with van der Waals surface area (Å²) in [6, 6.07) is 22.4. The Labute approximate surface area is 255 Å². The SMILES string of the molecule is O=C1C[C@@H](c2ccccc2)c2c1nc1cc(F)c(Br)cn21.O=C1C[C@H](c2ccccc2)c2c1nc1cc(F)c(Br)cn21. The van der Waals surface area contributed by atoms with Gasteiger partial charge >= 0.3 is 0 Å². The van der Waals surface area contributed by atoms with E-state index in [2.05, 4.69) is 41.8 Å². The highest BCUT2D eigenvalue weighted by atomic mass is 79.9. The highest BCUT2D eigenvalue weighted by Crippen LogP contribution is 2.40. The number of carbonyl (C=O) groups excluding carboxylic acids is 2. The predicted octanol–water partition coefficient (Wildman–Crippen LogP) is 7.91. The normalized spacial score (nSPS) is 17.4. The van der Waals surface area contributed by atoms with Crippen LogP contribution in [0.5, 0.6) is 0 Å². The summed E-state index contributed by atoms with van der Waals surface area (Å²) in [6.07, 6.45) is 4.12. The molecule has 0 N–H and O–H groups in total. The fraction of sp³-hybridized carbons (Fsp3) is 0.125. The summed E-state index contributed by atoms with van der Waals surface area (Å²) in [6.45, 7) is 0. The fourth-order valence-electron chi connectivity index (χ4n) is 5.87. The number of nitrogens with zero attached hydrogens (tertiary/aromatic N) is 4. The van der Waals surface area contributed by atoms with Gasteiger partial charge in [-0.05, 0) is 43.0 Å². The largest absolute Gasteiger partial charge is 0.301 e. The van der Waals surface area contributed by atoms with E-state index in [0.717, 1.165) is 22.5 Å². The summed E-state index contributed by atoms with van der Waals surface area (Å²) in [5, 5.41) is 0. The van der Waals surface area contributed by atoms with Crippen LogP contribution in [-0.4, -0.2) is 30.3 Å². The molecule has 0 spiro atoms. The quantitative estimate of drug-likeness (QED) is 0.185. The predicted molar refractivity (Wildman–Crippen MR) is 160 cm³/mol. The molecule has 2 aliphatic rings. The van der Waals surface area contributed by atoms with Gasteiger partial charge in [0.1, 0.15) is 34.3 Å². The second-order valence-corrected chi connectivity index (χ2v) is 12.0. The van der Waals surface area contributed by atoms with Gasteiger partial charge in [0, 0.05) is 49.2 Å². The highest BCUT2D eigenvalue weighted by Gasteiger charge is 2.36. The number of Topliss-reactive ketones (excluding diaryl/α,β-unsaturated/α-hetero) is 2. The number of hydrogen-bond acceptors (Lipinski definition) is 4. The summed E-state index contributed by atoms with van der Waals surface area (Å²) in [5.74, 6) is -0.787. The van der Waals surface area contributed by atoms with E-state index in [1.807, 2.05) is 69.5 Å². The van der Waals surface area contributed by atoms with Crippen LogP contribution in [0.3, 0.4) is 0 Å². The average molecular weight is 690 g/mol. The first-order valence-corrected chi connectivity index (χ1v) is 14.8. The van der Waals surface area contributed by atoms with Gasteiger partial charge in [-0.15, -0.1) is 0 Å². The number of imidazole rings is 2. The van der Waals surface area contributed by atoms with E-state index in [4.69, 9.17) is 0 Å². The second-order valence-electron chi connectivity index (χ2n) is 10.3. The van der Waals surface area contributed by atoms with Crippen molar-refractivity contribution in [1.29, 1.82) is 0 Å². The minimum absolute atomic E-state index is 0.0130. The summed E-state index contributed by atoms with van der Waals surface area (Å²) < 4.78 is 31.6. The molecule has 208 valence electrons. The molecule has 42 heavy (non-hydrogen) atoms. The number of benzene rings is 2. The number of halogens is 4. The number of hydrogen-bond donors (Lipinski definition) is 0. The summed E-state index contributed by atoms with van der Waals surface area (Å²) >= 11 is 6.38. The molecule has 4 heterocycles. The van der Waals surface area contributed by atoms with Crippen LogP contribution in [0.15, 0.2) is 94.1 Å². The lowest BCUT2D eigenvalue weighted by Crippen LogP contribution is -2.02. The third kappa shape index (κ3) is 4.40. The monoisotopic (exact) mass is 688 g/mol. The molecule has 6 nitrogen and oxygen atoms in total. The van der Waals surface area contributed by atoms with E-state index in [-0.39, 0.29) is 35.0 Å². The molecule has 0 unspecified atom stereocenters. The van der Waals surface area contributed by atoms with Gasteiger partial charge in [0.15, 0.2) is 11.6 Å². The van der Waals surface area contributed by atoms with Crippen molar-refractivity contribution < 1.29 is 18.4 Å². The van der Waals surface area contributed by atoms with Crippen LogP contribution in [0.2, 0.25) is 0 Å². The number of pyridine rings is 2. The number of rotatable bonds is 2. The first-order valence-electron chi connectivity index (χ1n) is 13.2. The molecule has 8 rings (SSSR count). The van der Waals surface area contributed by atoms with Gasteiger partial charge in [0.25, 0.3) is 0 Å². The molecule has 0 amide bonds. The zero-order valence-corrected chi connectivity index (χ0v) is 24.9. The van der Waals surface area contributed by atoms with Crippen molar-refractivity contribution in [3.63, 3.8) is 0 Å². The van der Waals surface area contributed by atoms with Crippen molar-refractivity contribution in [3.05, 3.63) is 140 Å². The van der Waals surface area contributed by atoms with Crippen molar-refractivity contribution in [2.45, 2.75) is 24.7 Å². The van der Waals surface area contributed by atoms with E-state index >= 15 is 0 Å². The van der Waals surface area contributed by atoms with Gasteiger partial charge in [0.2, 0.25) is 0 Å². The Kier molecular flexibility index (Phi) is 6.62. The first-order chi connectivity index (χ1) is 20.3. The molecule has 2 aliphatic carbocycles. The number of aromatic nitrogens is 4. The van der Waals surface area contributed by atoms with E-state index in [1.54, 1.807) is 12.4 Å². The molecule has 0 bridgehead atoms. The van der Waals surface area contributed by atoms with Gasteiger partial charge in [-0.25, -0.2) is 18.7 Å². The Morgan fingerprint density at radius 1 is 0.643 bits per heavy atom. The van der Waals surface area contributed by atoms with Crippen LogP contribution in [-0.2, 0) is 0 Å². The molecule has 0 radical (unpaired) electrons. The molecule has 0 saturated heterocycles. The molecule has 4 aromatic heterocycles. The van der Waals surface area contributed by atoms with Crippen molar-refractivity contribution in [2.24, 2.45) is 0 Å². The lowest BCUT2D eigenvalue weighted by Gasteiger charge is -2.11. The molecular formula is C32H20Br2F2N4O2. The van der Waals surface area contributed by atoms with Gasteiger partial charge in [-0.3, -0.25) is 9.59 Å². The molecule has 2 aromatic carbocycles. The third-order valence-corrected chi connectivity index (χ3v) is 8.94. The van der Waals surface area contributed by atoms with Crippen molar-refractivity contribution in [1.82, 2.24) is 18.8 Å². The van der Waals surface area contributed by atoms with Gasteiger partial charge in [-0.1, -0.05) is 60.7 Å². The van der Waals surface area contributed by atoms with Gasteiger partial charge < -0.3 is 8.80 Å². The first kappa shape index (κ1) is 26.9. The van der Waals surface area contributed by atoms with Crippen LogP contribution in [0.4, 0.5) is 8.78 Å². The maximum atomic E-state index is 13.6. The molecule has 0 fully saturated rings. The van der Waals surface area contributed by atoms with Gasteiger partial charge in [-0.2, -0.15) is 0 Å². The maximum Gasteiger partial charge on any atom is 0.184 e. The summed E-state index contributed by atoms with van der Waals surface area (Å²) in [5.41, 5.74) is 5.70. The van der Waals surface area contributed by atoms with Gasteiger partial charge in [0.05, 0.1) is 20.3 Å². The van der Waals surface area contributed by atoms with E-state index in [0.29, 0.717) is 44.5 Å². The molecular weight excluding hydrogens is 670 g/mol. The van der Waals surface area contributed by atoms with E-state index in [1.165, 1.54) is 12.1 Å². The van der Waals surface area contributed by atoms with Crippen LogP contribution in [0, 0.1) is 11.6 Å². The highest BCUT2D eigenvalue weighted by molar-refractivity contribution is 9.10. The smallest absolute Gasteiger partial charge is 0.184 e. The Hall–Kier alpha value is -4.02. The van der Waals surface area contributed by atoms with Crippen molar-refractivity contribution >= 4 is 54.7 Å². The molecule has 0 aliphatic heterocycles. The lowest BCUT2D eigenvalue weighted by atomic mass is 9.97. The Balaban J connectivity index is 0.000000137. The molecule has 2 atom stereocenters. The van der Waals surface area contributed by atoms with Crippen LogP contribution >= 0.6 is 31.9 Å². The molecule has 0 saturated carbocycles. The standard InChI is InChI=1S/2C16H10BrFN2O/c2*17-11-8-20-14(7-12(11)18)19-15-13(21)6-10(16(15)20)9-4-2-1-3-5-9/h2*1-5,7-8,10H,6H2/t2*10-/m10/s1. The number of fused-ring (bicyclic) bond motifs is 6. The molecule has 10 heteroatoms. The molecule has 6 aromatic rings. The summed E-state index contributed by atoms with van der Waals surface area (Å²) in [7, 11) is 0. The zero-order chi connectivity index (χ0) is 29.1. The minimum atomic E-state index is -0.380. The van der Waals surface area contributed by atoms with E-state index < -0.39 is 0 Å². The second kappa shape index (κ2) is 10.4. The van der Waals surface area contributed by atoms with Crippen LogP contribution in [0.1, 0.15) is 68.2 Å². The van der Waals surface area contributed by atoms with Crippen LogP contribution < -0.4 is 0 Å². The fourth-order valence-corrected chi connectivity index (χ4v) is 6.51. The van der Waals surface area contributed by atoms with Crippen molar-refractivity contribution in [3.8, 4) is 0 Å². The number of ketones is 2. The van der Waals surface area contributed by atoms with Crippen molar-refractivity contribution in [2.75, 3.05) is 0 Å². The summed E-state index contributed by atoms with van der Waals surface area (Å²) in [4.78, 5) is 33.0. The van der Waals surface area contributed by atoms with E-state index in [9.17, 15) is 18.4 Å². The lowest BCUT2D eigenvalue weighted by molar-refractivity contribution is 0.0979. The van der Waals surface area contributed by atoms with Crippen LogP contribution in [0.25, 0.3) is 11.3 Å². The average Bonchev–Trinajstić information content (AvgIpc) is 3.72. The maximum absolute atomic E-state index is 13.6. The Morgan fingerprint density at radius 3 is 1.40 bits per heavy atom. The Morgan fingerprint density at radius 2 is 1.02 bits per heavy atom.